The van der Waals surface area contributed by atoms with E-state index in [0.29, 0.717) is 4.99 Å². The molecule has 1 aliphatic rings. The summed E-state index contributed by atoms with van der Waals surface area (Å²) in [4.78, 5) is 8.50. The van der Waals surface area contributed by atoms with Gasteiger partial charge in [-0.1, -0.05) is 23.8 Å². The number of halogens is 1. The number of thiocarbonyl (C=S) groups is 1. The maximum atomic E-state index is 5.99. The van der Waals surface area contributed by atoms with Crippen LogP contribution in [-0.2, 0) is 19.4 Å². The van der Waals surface area contributed by atoms with Crippen molar-refractivity contribution in [1.29, 1.82) is 0 Å². The summed E-state index contributed by atoms with van der Waals surface area (Å²) in [6.07, 6.45) is 3.27. The van der Waals surface area contributed by atoms with Crippen molar-refractivity contribution in [2.45, 2.75) is 25.8 Å². The minimum absolute atomic E-state index is 0.406. The Bertz CT molecular complexity index is 696. The summed E-state index contributed by atoms with van der Waals surface area (Å²) in [7, 11) is 2.01. The predicted octanol–water partition coefficient (Wildman–Crippen LogP) is 3.56. The normalized spacial score (nSPS) is 13.2. The molecule has 3 nitrogen and oxygen atoms in total. The number of aryl methyl sites for hydroxylation is 2. The lowest BCUT2D eigenvalue weighted by Crippen LogP contribution is -2.23. The van der Waals surface area contributed by atoms with E-state index in [2.05, 4.69) is 11.0 Å². The van der Waals surface area contributed by atoms with Crippen LogP contribution in [0.3, 0.4) is 0 Å². The highest BCUT2D eigenvalue weighted by molar-refractivity contribution is 7.80. The van der Waals surface area contributed by atoms with Gasteiger partial charge < -0.3 is 10.6 Å². The zero-order chi connectivity index (χ0) is 15.0. The number of anilines is 1. The maximum Gasteiger partial charge on any atom is 0.139 e. The number of rotatable bonds is 4. The van der Waals surface area contributed by atoms with Gasteiger partial charge in [-0.05, 0) is 43.0 Å². The lowest BCUT2D eigenvalue weighted by molar-refractivity contribution is 0.879. The highest BCUT2D eigenvalue weighted by Crippen LogP contribution is 2.29. The van der Waals surface area contributed by atoms with Crippen molar-refractivity contribution in [1.82, 2.24) is 4.98 Å². The van der Waals surface area contributed by atoms with E-state index < -0.39 is 0 Å². The Hall–Kier alpha value is -1.17. The number of thiophene rings is 1. The topological polar surface area (TPSA) is 42.2 Å². The maximum absolute atomic E-state index is 5.99. The lowest BCUT2D eigenvalue weighted by atomic mass is 10.1. The molecule has 0 saturated carbocycles. The molecule has 0 unspecified atom stereocenters. The largest absolute Gasteiger partial charge is 0.389 e. The van der Waals surface area contributed by atoms with E-state index in [1.807, 2.05) is 19.2 Å². The van der Waals surface area contributed by atoms with Gasteiger partial charge in [-0.25, -0.2) is 4.98 Å². The quantitative estimate of drug-likeness (QED) is 0.866. The molecule has 0 aliphatic heterocycles. The van der Waals surface area contributed by atoms with Crippen LogP contribution in [0.2, 0.25) is 4.34 Å². The molecular weight excluding hydrogens is 322 g/mol. The molecule has 0 aromatic carbocycles. The Balaban J connectivity index is 1.94. The number of fused-ring (bicyclic) bond motifs is 1. The number of nitrogens with zero attached hydrogens (tertiary/aromatic N) is 2. The van der Waals surface area contributed by atoms with Gasteiger partial charge in [-0.15, -0.1) is 11.3 Å². The van der Waals surface area contributed by atoms with Gasteiger partial charge in [0, 0.05) is 17.6 Å². The molecule has 0 amide bonds. The van der Waals surface area contributed by atoms with E-state index in [9.17, 15) is 0 Å². The van der Waals surface area contributed by atoms with Crippen molar-refractivity contribution < 1.29 is 0 Å². The van der Waals surface area contributed by atoms with E-state index >= 15 is 0 Å². The van der Waals surface area contributed by atoms with Gasteiger partial charge >= 0.3 is 0 Å². The molecule has 3 rings (SSSR count). The molecule has 0 fully saturated rings. The molecule has 21 heavy (non-hydrogen) atoms. The third-order valence-corrected chi connectivity index (χ3v) is 5.12. The average molecular weight is 338 g/mol. The van der Waals surface area contributed by atoms with Crippen LogP contribution in [0.1, 0.15) is 28.1 Å². The molecule has 2 aromatic heterocycles. The average Bonchev–Trinajstić information content (AvgIpc) is 3.05. The fraction of sp³-hybridized carbons (Fsp3) is 0.333. The van der Waals surface area contributed by atoms with Crippen molar-refractivity contribution >= 4 is 46.0 Å². The first-order valence-electron chi connectivity index (χ1n) is 6.82. The molecule has 2 aromatic rings. The first-order valence-corrected chi connectivity index (χ1v) is 8.43. The van der Waals surface area contributed by atoms with Crippen molar-refractivity contribution in [3.8, 4) is 0 Å². The van der Waals surface area contributed by atoms with Gasteiger partial charge in [0.1, 0.15) is 10.8 Å². The summed E-state index contributed by atoms with van der Waals surface area (Å²) in [5.41, 5.74) is 9.23. The van der Waals surface area contributed by atoms with Gasteiger partial charge in [-0.3, -0.25) is 0 Å². The van der Waals surface area contributed by atoms with Crippen LogP contribution in [-0.4, -0.2) is 17.0 Å². The monoisotopic (exact) mass is 337 g/mol. The lowest BCUT2D eigenvalue weighted by Gasteiger charge is -2.21. The fourth-order valence-corrected chi connectivity index (χ4v) is 3.97. The summed E-state index contributed by atoms with van der Waals surface area (Å²) < 4.78 is 0.801. The number of pyridine rings is 1. The molecule has 110 valence electrons. The molecular formula is C15H16ClN3S2. The first-order chi connectivity index (χ1) is 10.0. The Kier molecular flexibility index (Phi) is 4.15. The zero-order valence-electron chi connectivity index (χ0n) is 11.7. The number of hydrogen-bond donors (Lipinski definition) is 1. The van der Waals surface area contributed by atoms with E-state index in [1.54, 1.807) is 11.3 Å². The molecule has 0 saturated heterocycles. The van der Waals surface area contributed by atoms with Crippen molar-refractivity contribution in [2.75, 3.05) is 11.9 Å². The molecule has 0 spiro atoms. The number of hydrogen-bond acceptors (Lipinski definition) is 4. The number of aromatic nitrogens is 1. The third-order valence-electron chi connectivity index (χ3n) is 3.68. The second-order valence-electron chi connectivity index (χ2n) is 5.25. The van der Waals surface area contributed by atoms with Crippen LogP contribution in [0.4, 0.5) is 5.82 Å². The smallest absolute Gasteiger partial charge is 0.139 e. The minimum atomic E-state index is 0.406. The zero-order valence-corrected chi connectivity index (χ0v) is 14.1. The summed E-state index contributed by atoms with van der Waals surface area (Å²) >= 11 is 12.8. The fourth-order valence-electron chi connectivity index (χ4n) is 2.68. The SMILES string of the molecule is CN(Cc1ccc(Cl)s1)c1nc2c(cc1C(N)=S)CCC2. The molecule has 1 aliphatic carbocycles. The van der Waals surface area contributed by atoms with Gasteiger partial charge in [0.05, 0.1) is 16.4 Å². The van der Waals surface area contributed by atoms with Gasteiger partial charge in [0.2, 0.25) is 0 Å². The van der Waals surface area contributed by atoms with Crippen LogP contribution in [0, 0.1) is 0 Å². The van der Waals surface area contributed by atoms with E-state index in [0.717, 1.165) is 41.5 Å². The van der Waals surface area contributed by atoms with Gasteiger partial charge in [0.15, 0.2) is 0 Å². The summed E-state index contributed by atoms with van der Waals surface area (Å²) in [6, 6.07) is 6.07. The molecule has 2 N–H and O–H groups in total. The standard InChI is InChI=1S/C15H16ClN3S2/c1-19(8-10-5-6-13(16)21-10)15-11(14(17)20)7-9-3-2-4-12(9)18-15/h5-7H,2-4,8H2,1H3,(H2,17,20). The predicted molar refractivity (Wildman–Crippen MR) is 93.6 cm³/mol. The van der Waals surface area contributed by atoms with E-state index in [-0.39, 0.29) is 0 Å². The highest BCUT2D eigenvalue weighted by atomic mass is 35.5. The number of nitrogens with two attached hydrogens (primary N) is 1. The minimum Gasteiger partial charge on any atom is -0.389 e. The van der Waals surface area contributed by atoms with Crippen molar-refractivity contribution in [2.24, 2.45) is 5.73 Å². The summed E-state index contributed by atoms with van der Waals surface area (Å²) in [5, 5.41) is 0. The molecule has 6 heteroatoms. The van der Waals surface area contributed by atoms with E-state index in [4.69, 9.17) is 34.5 Å². The van der Waals surface area contributed by atoms with Gasteiger partial charge in [0.25, 0.3) is 0 Å². The summed E-state index contributed by atoms with van der Waals surface area (Å²) in [6.45, 7) is 0.749. The van der Waals surface area contributed by atoms with Crippen molar-refractivity contribution in [3.63, 3.8) is 0 Å². The van der Waals surface area contributed by atoms with Crippen LogP contribution in [0.15, 0.2) is 18.2 Å². The van der Waals surface area contributed by atoms with Crippen LogP contribution in [0.25, 0.3) is 0 Å². The molecule has 2 heterocycles. The van der Waals surface area contributed by atoms with Crippen LogP contribution >= 0.6 is 35.2 Å². The summed E-state index contributed by atoms with van der Waals surface area (Å²) in [5.74, 6) is 0.868. The second kappa shape index (κ2) is 5.91. The Morgan fingerprint density at radius 1 is 1.48 bits per heavy atom. The van der Waals surface area contributed by atoms with Gasteiger partial charge in [-0.2, -0.15) is 0 Å². The molecule has 0 radical (unpaired) electrons. The van der Waals surface area contributed by atoms with E-state index in [1.165, 1.54) is 16.1 Å². The van der Waals surface area contributed by atoms with Crippen molar-refractivity contribution in [3.05, 3.63) is 44.2 Å². The highest BCUT2D eigenvalue weighted by Gasteiger charge is 2.20. The Morgan fingerprint density at radius 2 is 2.29 bits per heavy atom. The Morgan fingerprint density at radius 3 is 2.95 bits per heavy atom. The molecule has 0 atom stereocenters. The molecule has 0 bridgehead atoms. The third kappa shape index (κ3) is 3.05. The Labute approximate surface area is 138 Å². The van der Waals surface area contributed by atoms with Crippen LogP contribution < -0.4 is 10.6 Å². The second-order valence-corrected chi connectivity index (χ2v) is 7.48. The van der Waals surface area contributed by atoms with Crippen LogP contribution in [0.5, 0.6) is 0 Å². The first kappa shape index (κ1) is 14.8.